The first-order valence-electron chi connectivity index (χ1n) is 8.48. The molecule has 1 aliphatic rings. The number of nitrogens with zero attached hydrogens (tertiary/aromatic N) is 5. The van der Waals surface area contributed by atoms with Gasteiger partial charge in [0.25, 0.3) is 5.16 Å². The van der Waals surface area contributed by atoms with E-state index in [1.165, 1.54) is 9.58 Å². The maximum Gasteiger partial charge on any atom is 0.410 e. The van der Waals surface area contributed by atoms with Crippen LogP contribution in [0.15, 0.2) is 35.5 Å². The molecule has 0 aliphatic carbocycles. The van der Waals surface area contributed by atoms with Gasteiger partial charge in [-0.3, -0.25) is 0 Å². The van der Waals surface area contributed by atoms with Crippen LogP contribution in [0, 0.1) is 0 Å². The summed E-state index contributed by atoms with van der Waals surface area (Å²) in [5.41, 5.74) is 0.556. The van der Waals surface area contributed by atoms with Crippen molar-refractivity contribution in [1.82, 2.24) is 25.1 Å². The Morgan fingerprint density at radius 3 is 2.73 bits per heavy atom. The van der Waals surface area contributed by atoms with Crippen molar-refractivity contribution in [1.29, 1.82) is 0 Å². The monoisotopic (exact) mass is 379 g/mol. The minimum atomic E-state index is -3.83. The predicted molar refractivity (Wildman–Crippen MR) is 92.6 cm³/mol. The Morgan fingerprint density at radius 2 is 2.04 bits per heavy atom. The van der Waals surface area contributed by atoms with Crippen LogP contribution in [0.4, 0.5) is 4.79 Å². The summed E-state index contributed by atoms with van der Waals surface area (Å²) in [6, 6.07) is 8.30. The number of carbonyl (C=O) groups is 1. The molecule has 1 aliphatic heterocycles. The Labute approximate surface area is 151 Å². The van der Waals surface area contributed by atoms with E-state index in [2.05, 4.69) is 15.5 Å². The third-order valence-corrected chi connectivity index (χ3v) is 6.63. The first-order chi connectivity index (χ1) is 12.5. The number of amides is 1. The fourth-order valence-corrected chi connectivity index (χ4v) is 4.96. The molecule has 9 nitrogen and oxygen atoms in total. The zero-order chi connectivity index (χ0) is 18.7. The van der Waals surface area contributed by atoms with E-state index >= 15 is 0 Å². The summed E-state index contributed by atoms with van der Waals surface area (Å²) in [4.78, 5) is 13.6. The molecule has 3 rings (SSSR count). The number of carbonyl (C=O) groups excluding carboxylic acids is 1. The zero-order valence-corrected chi connectivity index (χ0v) is 15.5. The molecule has 26 heavy (non-hydrogen) atoms. The quantitative estimate of drug-likeness (QED) is 0.773. The Balaban J connectivity index is 1.86. The molecule has 0 N–H and O–H groups in total. The fourth-order valence-electron chi connectivity index (χ4n) is 3.08. The van der Waals surface area contributed by atoms with Crippen LogP contribution in [0.5, 0.6) is 0 Å². The molecule has 0 spiro atoms. The summed E-state index contributed by atoms with van der Waals surface area (Å²) < 4.78 is 32.6. The van der Waals surface area contributed by atoms with E-state index in [1.54, 1.807) is 31.2 Å². The van der Waals surface area contributed by atoms with Crippen molar-refractivity contribution in [2.75, 3.05) is 13.2 Å². The Morgan fingerprint density at radius 1 is 1.31 bits per heavy atom. The SMILES string of the molecule is CCCOC(=O)N1CCC(S(=O)(=O)c2nnnn2-c2ccccc2)C1C. The van der Waals surface area contributed by atoms with Gasteiger partial charge in [0, 0.05) is 12.6 Å². The predicted octanol–water partition coefficient (Wildman–Crippen LogP) is 1.45. The van der Waals surface area contributed by atoms with Crippen LogP contribution < -0.4 is 0 Å². The number of benzene rings is 1. The largest absolute Gasteiger partial charge is 0.449 e. The molecule has 10 heteroatoms. The van der Waals surface area contributed by atoms with Gasteiger partial charge in [-0.15, -0.1) is 0 Å². The second-order valence-electron chi connectivity index (χ2n) is 6.13. The van der Waals surface area contributed by atoms with Crippen LogP contribution in [-0.2, 0) is 14.6 Å². The summed E-state index contributed by atoms with van der Waals surface area (Å²) in [6.07, 6.45) is 0.535. The molecule has 0 bridgehead atoms. The number of aromatic nitrogens is 4. The molecular weight excluding hydrogens is 358 g/mol. The van der Waals surface area contributed by atoms with Gasteiger partial charge in [-0.2, -0.15) is 4.68 Å². The van der Waals surface area contributed by atoms with Crippen LogP contribution in [0.2, 0.25) is 0 Å². The standard InChI is InChI=1S/C16H21N5O4S/c1-3-11-25-16(22)20-10-9-14(12(20)2)26(23,24)15-17-18-19-21(15)13-7-5-4-6-8-13/h4-8,12,14H,3,9-11H2,1-2H3. The zero-order valence-electron chi connectivity index (χ0n) is 14.6. The van der Waals surface area contributed by atoms with Crippen LogP contribution in [0.25, 0.3) is 5.69 Å². The molecule has 1 aromatic carbocycles. The first kappa shape index (κ1) is 18.3. The summed E-state index contributed by atoms with van der Waals surface area (Å²) in [5, 5.41) is 10.1. The lowest BCUT2D eigenvalue weighted by atomic mass is 10.2. The molecular formula is C16H21N5O4S. The number of hydrogen-bond donors (Lipinski definition) is 0. The van der Waals surface area contributed by atoms with Crippen molar-refractivity contribution in [3.8, 4) is 5.69 Å². The normalized spacial score (nSPS) is 20.3. The molecule has 1 amide bonds. The summed E-state index contributed by atoms with van der Waals surface area (Å²) >= 11 is 0. The fraction of sp³-hybridized carbons (Fsp3) is 0.500. The molecule has 140 valence electrons. The van der Waals surface area contributed by atoms with E-state index < -0.39 is 27.2 Å². The Bertz CT molecular complexity index is 868. The second kappa shape index (κ2) is 7.40. The topological polar surface area (TPSA) is 107 Å². The molecule has 0 saturated carbocycles. The van der Waals surface area contributed by atoms with E-state index in [0.29, 0.717) is 31.7 Å². The number of rotatable bonds is 5. The average Bonchev–Trinajstić information content (AvgIpc) is 3.28. The third kappa shape index (κ3) is 3.28. The molecule has 2 aromatic rings. The highest BCUT2D eigenvalue weighted by Gasteiger charge is 2.45. The van der Waals surface area contributed by atoms with Gasteiger partial charge in [0.05, 0.1) is 17.5 Å². The molecule has 2 atom stereocenters. The van der Waals surface area contributed by atoms with Gasteiger partial charge in [0.15, 0.2) is 0 Å². The number of hydrogen-bond acceptors (Lipinski definition) is 7. The lowest BCUT2D eigenvalue weighted by Gasteiger charge is -2.23. The van der Waals surface area contributed by atoms with E-state index in [0.717, 1.165) is 0 Å². The van der Waals surface area contributed by atoms with Gasteiger partial charge < -0.3 is 9.64 Å². The summed E-state index contributed by atoms with van der Waals surface area (Å²) in [5.74, 6) is 0. The van der Waals surface area contributed by atoms with Crippen molar-refractivity contribution >= 4 is 15.9 Å². The Hall–Kier alpha value is -2.49. The molecule has 1 saturated heterocycles. The first-order valence-corrected chi connectivity index (χ1v) is 10.0. The molecule has 2 heterocycles. The lowest BCUT2D eigenvalue weighted by Crippen LogP contribution is -2.41. The molecule has 1 fully saturated rings. The summed E-state index contributed by atoms with van der Waals surface area (Å²) in [6.45, 7) is 4.24. The van der Waals surface area contributed by atoms with Gasteiger partial charge in [-0.1, -0.05) is 30.2 Å². The van der Waals surface area contributed by atoms with E-state index in [-0.39, 0.29) is 5.16 Å². The maximum absolute atomic E-state index is 13.1. The van der Waals surface area contributed by atoms with E-state index in [4.69, 9.17) is 4.74 Å². The van der Waals surface area contributed by atoms with Crippen molar-refractivity contribution in [3.05, 3.63) is 30.3 Å². The van der Waals surface area contributed by atoms with E-state index in [1.807, 2.05) is 13.0 Å². The minimum absolute atomic E-state index is 0.218. The highest BCUT2D eigenvalue weighted by molar-refractivity contribution is 7.92. The van der Waals surface area contributed by atoms with Crippen LogP contribution >= 0.6 is 0 Å². The van der Waals surface area contributed by atoms with Crippen LogP contribution in [0.3, 0.4) is 0 Å². The van der Waals surface area contributed by atoms with Gasteiger partial charge >= 0.3 is 6.09 Å². The maximum atomic E-state index is 13.1. The molecule has 0 radical (unpaired) electrons. The Kier molecular flexibility index (Phi) is 5.21. The van der Waals surface area contributed by atoms with Gasteiger partial charge in [0.1, 0.15) is 0 Å². The minimum Gasteiger partial charge on any atom is -0.449 e. The second-order valence-corrected chi connectivity index (χ2v) is 8.19. The van der Waals surface area contributed by atoms with Crippen molar-refractivity contribution in [2.45, 2.75) is 43.1 Å². The van der Waals surface area contributed by atoms with Gasteiger partial charge in [-0.05, 0) is 42.3 Å². The van der Waals surface area contributed by atoms with Gasteiger partial charge in [0.2, 0.25) is 9.84 Å². The molecule has 1 aromatic heterocycles. The number of sulfone groups is 1. The highest BCUT2D eigenvalue weighted by atomic mass is 32.2. The number of para-hydroxylation sites is 1. The number of likely N-dealkylation sites (tertiary alicyclic amines) is 1. The number of tetrazole rings is 1. The third-order valence-electron chi connectivity index (χ3n) is 4.44. The van der Waals surface area contributed by atoms with E-state index in [9.17, 15) is 13.2 Å². The highest BCUT2D eigenvalue weighted by Crippen LogP contribution is 2.29. The summed E-state index contributed by atoms with van der Waals surface area (Å²) in [7, 11) is -3.83. The molecule has 2 unspecified atom stereocenters. The van der Waals surface area contributed by atoms with Crippen molar-refractivity contribution in [3.63, 3.8) is 0 Å². The van der Waals surface area contributed by atoms with Gasteiger partial charge in [-0.25, -0.2) is 13.2 Å². The van der Waals surface area contributed by atoms with Crippen molar-refractivity contribution < 1.29 is 17.9 Å². The number of ether oxygens (including phenoxy) is 1. The van der Waals surface area contributed by atoms with Crippen molar-refractivity contribution in [2.24, 2.45) is 0 Å². The lowest BCUT2D eigenvalue weighted by molar-refractivity contribution is 0.101. The smallest absolute Gasteiger partial charge is 0.410 e. The van der Waals surface area contributed by atoms with Crippen LogP contribution in [-0.4, -0.2) is 64.1 Å². The van der Waals surface area contributed by atoms with Crippen LogP contribution in [0.1, 0.15) is 26.7 Å². The average molecular weight is 379 g/mol.